The molecule has 1 aromatic carbocycles. The normalized spacial score (nSPS) is 12.5. The van der Waals surface area contributed by atoms with Crippen molar-refractivity contribution in [2.24, 2.45) is 0 Å². The standard InChI is InChI=1S/C15H13N3O/c16-13-6-7-17-9-12(13)15(19)14-11-4-2-1-3-10(11)5-8-18-14/h1-9,15,19H,(H2,16,17). The van der Waals surface area contributed by atoms with Gasteiger partial charge in [0.25, 0.3) is 0 Å². The van der Waals surface area contributed by atoms with E-state index in [1.54, 1.807) is 24.7 Å². The van der Waals surface area contributed by atoms with Crippen LogP contribution in [0, 0.1) is 0 Å². The van der Waals surface area contributed by atoms with E-state index in [2.05, 4.69) is 9.97 Å². The van der Waals surface area contributed by atoms with Crippen LogP contribution in [-0.4, -0.2) is 15.1 Å². The molecule has 0 spiro atoms. The largest absolute Gasteiger partial charge is 0.398 e. The van der Waals surface area contributed by atoms with Gasteiger partial charge in [-0.25, -0.2) is 0 Å². The lowest BCUT2D eigenvalue weighted by Gasteiger charge is -2.14. The Morgan fingerprint density at radius 2 is 1.89 bits per heavy atom. The van der Waals surface area contributed by atoms with Crippen LogP contribution in [0.25, 0.3) is 10.8 Å². The van der Waals surface area contributed by atoms with Gasteiger partial charge in [-0.15, -0.1) is 0 Å². The van der Waals surface area contributed by atoms with E-state index < -0.39 is 6.10 Å². The third-order valence-corrected chi connectivity index (χ3v) is 3.15. The SMILES string of the molecule is Nc1ccncc1C(O)c1nccc2ccccc12. The van der Waals surface area contributed by atoms with Crippen molar-refractivity contribution < 1.29 is 5.11 Å². The second-order valence-electron chi connectivity index (χ2n) is 4.32. The topological polar surface area (TPSA) is 72.0 Å². The molecule has 4 nitrogen and oxygen atoms in total. The molecule has 19 heavy (non-hydrogen) atoms. The van der Waals surface area contributed by atoms with Crippen LogP contribution in [0.4, 0.5) is 5.69 Å². The molecule has 0 fully saturated rings. The minimum atomic E-state index is -0.875. The van der Waals surface area contributed by atoms with Crippen LogP contribution in [0.5, 0.6) is 0 Å². The first kappa shape index (κ1) is 11.6. The smallest absolute Gasteiger partial charge is 0.125 e. The van der Waals surface area contributed by atoms with Gasteiger partial charge in [0.1, 0.15) is 6.10 Å². The average Bonchev–Trinajstić information content (AvgIpc) is 2.46. The van der Waals surface area contributed by atoms with Gasteiger partial charge in [0.05, 0.1) is 5.69 Å². The molecule has 2 heterocycles. The zero-order valence-electron chi connectivity index (χ0n) is 10.2. The summed E-state index contributed by atoms with van der Waals surface area (Å²) in [7, 11) is 0. The fraction of sp³-hybridized carbons (Fsp3) is 0.0667. The lowest BCUT2D eigenvalue weighted by Crippen LogP contribution is -2.06. The number of aliphatic hydroxyl groups is 1. The number of pyridine rings is 2. The zero-order valence-corrected chi connectivity index (χ0v) is 10.2. The van der Waals surface area contributed by atoms with Crippen LogP contribution in [0.1, 0.15) is 17.4 Å². The maximum atomic E-state index is 10.5. The van der Waals surface area contributed by atoms with Crippen molar-refractivity contribution in [2.45, 2.75) is 6.10 Å². The molecule has 0 amide bonds. The van der Waals surface area contributed by atoms with Gasteiger partial charge in [-0.2, -0.15) is 0 Å². The van der Waals surface area contributed by atoms with E-state index in [1.165, 1.54) is 0 Å². The molecule has 0 saturated carbocycles. The summed E-state index contributed by atoms with van der Waals surface area (Å²) in [5, 5.41) is 12.4. The van der Waals surface area contributed by atoms with Crippen molar-refractivity contribution in [3.63, 3.8) is 0 Å². The number of anilines is 1. The van der Waals surface area contributed by atoms with Crippen LogP contribution in [-0.2, 0) is 0 Å². The van der Waals surface area contributed by atoms with Crippen molar-refractivity contribution in [1.29, 1.82) is 0 Å². The molecule has 4 heteroatoms. The van der Waals surface area contributed by atoms with Crippen LogP contribution in [0.2, 0.25) is 0 Å². The molecule has 0 aliphatic heterocycles. The Kier molecular flexibility index (Phi) is 2.85. The lowest BCUT2D eigenvalue weighted by molar-refractivity contribution is 0.217. The minimum Gasteiger partial charge on any atom is -0.398 e. The van der Waals surface area contributed by atoms with Crippen LogP contribution in [0.15, 0.2) is 55.0 Å². The molecule has 0 saturated heterocycles. The second kappa shape index (κ2) is 4.66. The summed E-state index contributed by atoms with van der Waals surface area (Å²) in [5.41, 5.74) is 7.56. The molecule has 1 atom stereocenters. The lowest BCUT2D eigenvalue weighted by atomic mass is 10.0. The third kappa shape index (κ3) is 2.02. The van der Waals surface area contributed by atoms with E-state index in [-0.39, 0.29) is 0 Å². The van der Waals surface area contributed by atoms with Gasteiger partial charge in [-0.3, -0.25) is 9.97 Å². The maximum Gasteiger partial charge on any atom is 0.125 e. The highest BCUT2D eigenvalue weighted by Gasteiger charge is 2.17. The Bertz CT molecular complexity index is 722. The molecule has 0 bridgehead atoms. The van der Waals surface area contributed by atoms with Gasteiger partial charge >= 0.3 is 0 Å². The molecule has 0 aliphatic rings. The Morgan fingerprint density at radius 3 is 2.74 bits per heavy atom. The number of nitrogens with zero attached hydrogens (tertiary/aromatic N) is 2. The number of benzene rings is 1. The van der Waals surface area contributed by atoms with Crippen molar-refractivity contribution in [1.82, 2.24) is 9.97 Å². The number of fused-ring (bicyclic) bond motifs is 1. The van der Waals surface area contributed by atoms with E-state index in [0.29, 0.717) is 16.9 Å². The summed E-state index contributed by atoms with van der Waals surface area (Å²) in [5.74, 6) is 0. The number of hydrogen-bond donors (Lipinski definition) is 2. The first-order chi connectivity index (χ1) is 9.27. The summed E-state index contributed by atoms with van der Waals surface area (Å²) in [6, 6.07) is 11.4. The number of hydrogen-bond acceptors (Lipinski definition) is 4. The molecule has 3 rings (SSSR count). The fourth-order valence-corrected chi connectivity index (χ4v) is 2.15. The second-order valence-corrected chi connectivity index (χ2v) is 4.32. The molecule has 94 valence electrons. The van der Waals surface area contributed by atoms with E-state index in [4.69, 9.17) is 5.73 Å². The highest BCUT2D eigenvalue weighted by Crippen LogP contribution is 2.29. The Labute approximate surface area is 110 Å². The molecule has 3 N–H and O–H groups in total. The predicted molar refractivity (Wildman–Crippen MR) is 74.5 cm³/mol. The summed E-state index contributed by atoms with van der Waals surface area (Å²) in [6.45, 7) is 0. The molecular formula is C15H13N3O. The Hall–Kier alpha value is -2.46. The first-order valence-electron chi connectivity index (χ1n) is 5.98. The Balaban J connectivity index is 2.17. The van der Waals surface area contributed by atoms with E-state index >= 15 is 0 Å². The van der Waals surface area contributed by atoms with Gasteiger partial charge in [0, 0.05) is 35.2 Å². The van der Waals surface area contributed by atoms with E-state index in [1.807, 2.05) is 30.3 Å². The van der Waals surface area contributed by atoms with Crippen molar-refractivity contribution in [3.8, 4) is 0 Å². The number of nitrogens with two attached hydrogens (primary N) is 1. The van der Waals surface area contributed by atoms with Crippen LogP contribution < -0.4 is 5.73 Å². The van der Waals surface area contributed by atoms with Gasteiger partial charge in [-0.05, 0) is 17.5 Å². The predicted octanol–water partition coefficient (Wildman–Crippen LogP) is 2.29. The first-order valence-corrected chi connectivity index (χ1v) is 5.98. The summed E-state index contributed by atoms with van der Waals surface area (Å²) in [6.07, 6.45) is 3.98. The average molecular weight is 251 g/mol. The molecule has 0 radical (unpaired) electrons. The van der Waals surface area contributed by atoms with Gasteiger partial charge in [0.15, 0.2) is 0 Å². The number of rotatable bonds is 2. The van der Waals surface area contributed by atoms with Crippen molar-refractivity contribution >= 4 is 16.5 Å². The van der Waals surface area contributed by atoms with Crippen molar-refractivity contribution in [3.05, 3.63) is 66.2 Å². The van der Waals surface area contributed by atoms with Crippen LogP contribution >= 0.6 is 0 Å². The highest BCUT2D eigenvalue weighted by molar-refractivity contribution is 5.85. The van der Waals surface area contributed by atoms with Crippen molar-refractivity contribution in [2.75, 3.05) is 5.73 Å². The molecular weight excluding hydrogens is 238 g/mol. The van der Waals surface area contributed by atoms with Crippen LogP contribution in [0.3, 0.4) is 0 Å². The molecule has 2 aromatic heterocycles. The number of nitrogen functional groups attached to an aromatic ring is 1. The van der Waals surface area contributed by atoms with Gasteiger partial charge in [0.2, 0.25) is 0 Å². The highest BCUT2D eigenvalue weighted by atomic mass is 16.3. The molecule has 3 aromatic rings. The van der Waals surface area contributed by atoms with E-state index in [9.17, 15) is 5.11 Å². The molecule has 1 unspecified atom stereocenters. The number of aromatic nitrogens is 2. The van der Waals surface area contributed by atoms with Gasteiger partial charge in [-0.1, -0.05) is 24.3 Å². The zero-order chi connectivity index (χ0) is 13.2. The third-order valence-electron chi connectivity index (χ3n) is 3.15. The summed E-state index contributed by atoms with van der Waals surface area (Å²) in [4.78, 5) is 8.30. The fourth-order valence-electron chi connectivity index (χ4n) is 2.15. The quantitative estimate of drug-likeness (QED) is 0.733. The molecule has 0 aliphatic carbocycles. The number of aliphatic hydroxyl groups excluding tert-OH is 1. The van der Waals surface area contributed by atoms with Gasteiger partial charge < -0.3 is 10.8 Å². The summed E-state index contributed by atoms with van der Waals surface area (Å²) < 4.78 is 0. The minimum absolute atomic E-state index is 0.511. The van der Waals surface area contributed by atoms with E-state index in [0.717, 1.165) is 10.8 Å². The Morgan fingerprint density at radius 1 is 1.05 bits per heavy atom. The monoisotopic (exact) mass is 251 g/mol. The maximum absolute atomic E-state index is 10.5. The summed E-state index contributed by atoms with van der Waals surface area (Å²) >= 11 is 0.